The summed E-state index contributed by atoms with van der Waals surface area (Å²) in [6, 6.07) is 1.35. The number of fused-ring (bicyclic) bond motifs is 1. The molecule has 2 aliphatic rings. The molecule has 3 unspecified atom stereocenters. The van der Waals surface area contributed by atoms with Crippen molar-refractivity contribution >= 4 is 27.6 Å². The number of rotatable bonds is 4. The van der Waals surface area contributed by atoms with Gasteiger partial charge in [0.2, 0.25) is 5.91 Å². The molecule has 3 rings (SSSR count). The summed E-state index contributed by atoms with van der Waals surface area (Å²) >= 11 is 0. The maximum Gasteiger partial charge on any atom is 0.336 e. The van der Waals surface area contributed by atoms with Crippen molar-refractivity contribution in [3.8, 4) is 6.07 Å². The van der Waals surface area contributed by atoms with E-state index in [4.69, 9.17) is 5.26 Å². The molecule has 30 heavy (non-hydrogen) atoms. The maximum atomic E-state index is 14.1. The fraction of sp³-hybridized carbons (Fsp3) is 0.471. The molecule has 0 aromatic heterocycles. The van der Waals surface area contributed by atoms with Crippen molar-refractivity contribution in [3.05, 3.63) is 23.8 Å². The van der Waals surface area contributed by atoms with Crippen LogP contribution < -0.4 is 21.3 Å². The summed E-state index contributed by atoms with van der Waals surface area (Å²) in [5.74, 6) is -4.03. The normalized spacial score (nSPS) is 26.2. The molecule has 1 aromatic rings. The van der Waals surface area contributed by atoms with E-state index in [0.29, 0.717) is 12.7 Å². The van der Waals surface area contributed by atoms with Gasteiger partial charge in [-0.05, 0) is 19.1 Å². The highest BCUT2D eigenvalue weighted by Crippen LogP contribution is 2.33. The Labute approximate surface area is 171 Å². The fourth-order valence-corrected chi connectivity index (χ4v) is 5.11. The number of hydrogen-bond donors (Lipinski definition) is 4. The Hall–Kier alpha value is -2.82. The number of hydrogen-bond acceptors (Lipinski definition) is 7. The first-order chi connectivity index (χ1) is 14.1. The molecule has 4 atom stereocenters. The highest BCUT2D eigenvalue weighted by Gasteiger charge is 2.41. The third-order valence-electron chi connectivity index (χ3n) is 5.17. The average molecular weight is 442 g/mol. The van der Waals surface area contributed by atoms with E-state index in [2.05, 4.69) is 27.3 Å². The van der Waals surface area contributed by atoms with Crippen molar-refractivity contribution in [2.75, 3.05) is 18.5 Å². The number of carbonyl (C=O) groups excluding carboxylic acids is 2. The van der Waals surface area contributed by atoms with E-state index in [0.717, 1.165) is 6.07 Å². The first kappa shape index (κ1) is 21.9. The molecule has 1 saturated heterocycles. The van der Waals surface area contributed by atoms with E-state index in [1.165, 1.54) is 0 Å². The molecule has 4 N–H and O–H groups in total. The van der Waals surface area contributed by atoms with Crippen LogP contribution in [0.25, 0.3) is 0 Å². The van der Waals surface area contributed by atoms with Crippen molar-refractivity contribution in [3.63, 3.8) is 0 Å². The predicted molar refractivity (Wildman–Crippen MR) is 100 cm³/mol. The minimum atomic E-state index is -4.79. The quantitative estimate of drug-likeness (QED) is 0.516. The maximum absolute atomic E-state index is 14.1. The van der Waals surface area contributed by atoms with Gasteiger partial charge < -0.3 is 10.6 Å². The van der Waals surface area contributed by atoms with Crippen LogP contribution in [0.3, 0.4) is 0 Å². The van der Waals surface area contributed by atoms with Crippen LogP contribution in [-0.2, 0) is 14.8 Å². The summed E-state index contributed by atoms with van der Waals surface area (Å²) in [6.07, 6.45) is 0. The highest BCUT2D eigenvalue weighted by molar-refractivity contribution is 7.90. The second-order valence-electron chi connectivity index (χ2n) is 7.11. The molecular weight excluding hydrogens is 422 g/mol. The number of sulfonamides is 1. The minimum Gasteiger partial charge on any atom is -0.350 e. The number of anilines is 1. The molecule has 10 nitrogen and oxygen atoms in total. The Morgan fingerprint density at radius 1 is 1.40 bits per heavy atom. The molecule has 0 saturated carbocycles. The van der Waals surface area contributed by atoms with Gasteiger partial charge in [-0.3, -0.25) is 15.4 Å². The van der Waals surface area contributed by atoms with Gasteiger partial charge in [0.25, 0.3) is 10.0 Å². The largest absolute Gasteiger partial charge is 0.350 e. The third kappa shape index (κ3) is 3.81. The number of nitrogens with zero attached hydrogens (tertiary/aromatic N) is 2. The number of nitrogens with one attached hydrogen (secondary N) is 4. The summed E-state index contributed by atoms with van der Waals surface area (Å²) in [5.41, 5.74) is -0.404. The van der Waals surface area contributed by atoms with E-state index in [9.17, 15) is 26.8 Å². The van der Waals surface area contributed by atoms with Gasteiger partial charge in [-0.1, -0.05) is 6.92 Å². The van der Waals surface area contributed by atoms with E-state index in [-0.39, 0.29) is 16.3 Å². The summed E-state index contributed by atoms with van der Waals surface area (Å²) in [6.45, 7) is 2.91. The first-order valence-electron chi connectivity index (χ1n) is 9.05. The summed E-state index contributed by atoms with van der Waals surface area (Å²) in [7, 11) is -4.79. The minimum absolute atomic E-state index is 0.150. The lowest BCUT2D eigenvalue weighted by Crippen LogP contribution is -2.63. The molecule has 1 aromatic carbocycles. The van der Waals surface area contributed by atoms with Crippen LogP contribution in [0.4, 0.5) is 19.3 Å². The molecule has 2 aliphatic heterocycles. The summed E-state index contributed by atoms with van der Waals surface area (Å²) < 4.78 is 53.1. The summed E-state index contributed by atoms with van der Waals surface area (Å²) in [5, 5.41) is 20.0. The average Bonchev–Trinajstić information content (AvgIpc) is 2.67. The second-order valence-corrected chi connectivity index (χ2v) is 8.91. The van der Waals surface area contributed by atoms with E-state index in [1.54, 1.807) is 6.92 Å². The van der Waals surface area contributed by atoms with Crippen molar-refractivity contribution in [2.45, 2.75) is 36.9 Å². The molecule has 0 bridgehead atoms. The monoisotopic (exact) mass is 442 g/mol. The van der Waals surface area contributed by atoms with Crippen molar-refractivity contribution in [1.29, 1.82) is 5.26 Å². The zero-order valence-electron chi connectivity index (χ0n) is 16.1. The van der Waals surface area contributed by atoms with Crippen LogP contribution in [0.2, 0.25) is 0 Å². The first-order valence-corrected chi connectivity index (χ1v) is 10.5. The van der Waals surface area contributed by atoms with Crippen LogP contribution in [-0.4, -0.2) is 56.0 Å². The second kappa shape index (κ2) is 8.13. The zero-order valence-corrected chi connectivity index (χ0v) is 16.9. The fourth-order valence-electron chi connectivity index (χ4n) is 3.62. The van der Waals surface area contributed by atoms with Gasteiger partial charge in [0, 0.05) is 24.7 Å². The van der Waals surface area contributed by atoms with E-state index < -0.39 is 62.8 Å². The van der Waals surface area contributed by atoms with Crippen molar-refractivity contribution in [2.24, 2.45) is 5.92 Å². The highest BCUT2D eigenvalue weighted by atomic mass is 32.2. The lowest BCUT2D eigenvalue weighted by molar-refractivity contribution is -0.121. The van der Waals surface area contributed by atoms with E-state index in [1.807, 2.05) is 6.92 Å². The van der Waals surface area contributed by atoms with E-state index >= 15 is 0 Å². The number of carbonyl (C=O) groups is 2. The lowest BCUT2D eigenvalue weighted by Gasteiger charge is -2.38. The number of benzene rings is 1. The predicted octanol–water partition coefficient (Wildman–Crippen LogP) is 0.0529. The Morgan fingerprint density at radius 2 is 2.10 bits per heavy atom. The standard InChI is InChI=1S/C17H20F2N6O4S/c1-8-12(5-20)21-7-22-15(8)9(2)23-13(26)6-25-17(27)24-11-4-3-10(18)14(19)16(11)30(25,28)29/h3-4,8-9,12,15,21-22H,6-7H2,1-2H3,(H,23,26)(H,24,27)/t8?,9-,12?,15?/m1/s1. The number of halogens is 2. The third-order valence-corrected chi connectivity index (χ3v) is 6.96. The molecule has 162 valence electrons. The zero-order chi connectivity index (χ0) is 22.2. The van der Waals surface area contributed by atoms with Gasteiger partial charge >= 0.3 is 6.03 Å². The van der Waals surface area contributed by atoms with Crippen LogP contribution >= 0.6 is 0 Å². The van der Waals surface area contributed by atoms with Gasteiger partial charge in [-0.15, -0.1) is 0 Å². The molecule has 0 aliphatic carbocycles. The smallest absolute Gasteiger partial charge is 0.336 e. The molecule has 3 amide bonds. The lowest BCUT2D eigenvalue weighted by atomic mass is 9.88. The van der Waals surface area contributed by atoms with Gasteiger partial charge in [0.1, 0.15) is 17.5 Å². The Morgan fingerprint density at radius 3 is 2.77 bits per heavy atom. The van der Waals surface area contributed by atoms with Crippen molar-refractivity contribution < 1.29 is 26.8 Å². The summed E-state index contributed by atoms with van der Waals surface area (Å²) in [4.78, 5) is 23.6. The topological polar surface area (TPSA) is 143 Å². The Kier molecular flexibility index (Phi) is 5.93. The molecule has 0 radical (unpaired) electrons. The molecule has 13 heteroatoms. The number of amides is 3. The molecule has 2 heterocycles. The van der Waals surface area contributed by atoms with Gasteiger partial charge in [0.15, 0.2) is 11.6 Å². The van der Waals surface area contributed by atoms with Gasteiger partial charge in [-0.25, -0.2) is 26.3 Å². The SMILES string of the molecule is CC1C(C#N)NCNC1[C@@H](C)NC(=O)CN1C(=O)Nc2ccc(F)c(F)c2S1(=O)=O. The van der Waals surface area contributed by atoms with Gasteiger partial charge in [0.05, 0.1) is 11.8 Å². The van der Waals surface area contributed by atoms with Crippen LogP contribution in [0.1, 0.15) is 13.8 Å². The molecular formula is C17H20F2N6O4S. The van der Waals surface area contributed by atoms with Crippen LogP contribution in [0.5, 0.6) is 0 Å². The van der Waals surface area contributed by atoms with Gasteiger partial charge in [-0.2, -0.15) is 5.26 Å². The molecule has 0 spiro atoms. The Balaban J connectivity index is 1.76. The molecule has 1 fully saturated rings. The number of nitriles is 1. The Bertz CT molecular complexity index is 1030. The number of urea groups is 1. The van der Waals surface area contributed by atoms with Crippen LogP contribution in [0, 0.1) is 28.9 Å². The van der Waals surface area contributed by atoms with Crippen molar-refractivity contribution in [1.82, 2.24) is 20.3 Å². The van der Waals surface area contributed by atoms with Crippen LogP contribution in [0.15, 0.2) is 17.0 Å².